The number of fused-ring (bicyclic) bond motifs is 1. The van der Waals surface area contributed by atoms with Crippen LogP contribution in [0.15, 0.2) is 18.2 Å². The molecule has 0 bridgehead atoms. The number of likely N-dealkylation sites (N-methyl/N-ethyl adjacent to an activating group) is 1. The van der Waals surface area contributed by atoms with Crippen LogP contribution < -0.4 is 10.1 Å². The molecule has 1 aliphatic rings. The van der Waals surface area contributed by atoms with Gasteiger partial charge < -0.3 is 10.1 Å². The number of hydrogen-bond donors (Lipinski definition) is 1. The maximum absolute atomic E-state index is 5.68. The van der Waals surface area contributed by atoms with Gasteiger partial charge in [0.1, 0.15) is 5.75 Å². The van der Waals surface area contributed by atoms with Crippen LogP contribution in [0.3, 0.4) is 0 Å². The van der Waals surface area contributed by atoms with Crippen LogP contribution in [0.25, 0.3) is 0 Å². The van der Waals surface area contributed by atoms with Gasteiger partial charge in [-0.05, 0) is 55.5 Å². The summed E-state index contributed by atoms with van der Waals surface area (Å²) in [5.74, 6) is 1.03. The van der Waals surface area contributed by atoms with Crippen molar-refractivity contribution in [3.05, 3.63) is 29.3 Å². The lowest BCUT2D eigenvalue weighted by molar-refractivity contribution is 0.316. The van der Waals surface area contributed by atoms with Crippen molar-refractivity contribution in [1.82, 2.24) is 5.32 Å². The van der Waals surface area contributed by atoms with Crippen LogP contribution in [0.2, 0.25) is 0 Å². The summed E-state index contributed by atoms with van der Waals surface area (Å²) in [7, 11) is 0. The number of hydrogen-bond acceptors (Lipinski definition) is 2. The molecule has 2 rings (SSSR count). The Bertz CT molecular complexity index is 362. The smallest absolute Gasteiger partial charge is 0.119 e. The van der Waals surface area contributed by atoms with Gasteiger partial charge in [0.2, 0.25) is 0 Å². The normalized spacial score (nSPS) is 18.8. The van der Waals surface area contributed by atoms with Gasteiger partial charge in [0.25, 0.3) is 0 Å². The maximum Gasteiger partial charge on any atom is 0.119 e. The molecule has 0 radical (unpaired) electrons. The Labute approximate surface area is 104 Å². The molecular weight excluding hydrogens is 210 g/mol. The summed E-state index contributed by atoms with van der Waals surface area (Å²) in [4.78, 5) is 0. The quantitative estimate of drug-likeness (QED) is 0.844. The maximum atomic E-state index is 5.68. The van der Waals surface area contributed by atoms with E-state index < -0.39 is 0 Å². The Morgan fingerprint density at radius 1 is 1.29 bits per heavy atom. The lowest BCUT2D eigenvalue weighted by Gasteiger charge is -2.25. The molecule has 0 aliphatic heterocycles. The van der Waals surface area contributed by atoms with E-state index in [-0.39, 0.29) is 0 Å². The van der Waals surface area contributed by atoms with E-state index in [4.69, 9.17) is 4.74 Å². The fourth-order valence-electron chi connectivity index (χ4n) is 2.50. The largest absolute Gasteiger partial charge is 0.494 e. The summed E-state index contributed by atoms with van der Waals surface area (Å²) in [5.41, 5.74) is 2.97. The van der Waals surface area contributed by atoms with Gasteiger partial charge >= 0.3 is 0 Å². The van der Waals surface area contributed by atoms with Gasteiger partial charge in [0, 0.05) is 6.04 Å². The van der Waals surface area contributed by atoms with Gasteiger partial charge in [-0.3, -0.25) is 0 Å². The Balaban J connectivity index is 2.03. The lowest BCUT2D eigenvalue weighted by Crippen LogP contribution is -2.34. The van der Waals surface area contributed by atoms with Crippen molar-refractivity contribution < 1.29 is 4.74 Å². The third-order valence-corrected chi connectivity index (χ3v) is 3.37. The van der Waals surface area contributed by atoms with Crippen LogP contribution >= 0.6 is 0 Å². The topological polar surface area (TPSA) is 21.3 Å². The van der Waals surface area contributed by atoms with E-state index in [1.165, 1.54) is 24.0 Å². The standard InChI is InChI=1S/C15H23NO/c1-3-9-17-15-8-6-12-10-14(16-4-2)7-5-13(12)11-15/h6,8,11,14,16H,3-5,7,9-10H2,1-2H3/t14-/m0/s1. The molecule has 1 N–H and O–H groups in total. The van der Waals surface area contributed by atoms with E-state index >= 15 is 0 Å². The van der Waals surface area contributed by atoms with Gasteiger partial charge in [0.05, 0.1) is 6.61 Å². The first kappa shape index (κ1) is 12.4. The summed E-state index contributed by atoms with van der Waals surface area (Å²) in [6, 6.07) is 7.25. The average Bonchev–Trinajstić information content (AvgIpc) is 2.36. The third kappa shape index (κ3) is 3.22. The summed E-state index contributed by atoms with van der Waals surface area (Å²) in [6.07, 6.45) is 4.66. The Kier molecular flexibility index (Phi) is 4.43. The molecule has 1 aromatic rings. The fraction of sp³-hybridized carbons (Fsp3) is 0.600. The molecule has 0 saturated carbocycles. The summed E-state index contributed by atoms with van der Waals surface area (Å²) < 4.78 is 5.68. The number of aryl methyl sites for hydroxylation is 1. The molecule has 1 aromatic carbocycles. The van der Waals surface area contributed by atoms with Crippen molar-refractivity contribution in [2.75, 3.05) is 13.2 Å². The van der Waals surface area contributed by atoms with Crippen LogP contribution in [0.1, 0.15) is 37.8 Å². The van der Waals surface area contributed by atoms with E-state index in [1.807, 2.05) is 0 Å². The number of nitrogens with one attached hydrogen (secondary N) is 1. The average molecular weight is 233 g/mol. The minimum Gasteiger partial charge on any atom is -0.494 e. The predicted molar refractivity (Wildman–Crippen MR) is 71.7 cm³/mol. The van der Waals surface area contributed by atoms with Gasteiger partial charge in [0.15, 0.2) is 0 Å². The van der Waals surface area contributed by atoms with Crippen molar-refractivity contribution in [3.63, 3.8) is 0 Å². The first-order valence-electron chi connectivity index (χ1n) is 6.81. The second-order valence-corrected chi connectivity index (χ2v) is 4.78. The monoisotopic (exact) mass is 233 g/mol. The van der Waals surface area contributed by atoms with Crippen molar-refractivity contribution in [1.29, 1.82) is 0 Å². The predicted octanol–water partition coefficient (Wildman–Crippen LogP) is 2.94. The highest BCUT2D eigenvalue weighted by Crippen LogP contribution is 2.25. The minimum atomic E-state index is 0.662. The zero-order valence-electron chi connectivity index (χ0n) is 11.0. The molecule has 0 fully saturated rings. The Hall–Kier alpha value is -1.02. The van der Waals surface area contributed by atoms with E-state index in [9.17, 15) is 0 Å². The molecule has 2 nitrogen and oxygen atoms in total. The van der Waals surface area contributed by atoms with Crippen molar-refractivity contribution in [2.24, 2.45) is 0 Å². The minimum absolute atomic E-state index is 0.662. The zero-order chi connectivity index (χ0) is 12.1. The van der Waals surface area contributed by atoms with Crippen molar-refractivity contribution >= 4 is 0 Å². The molecule has 2 heteroatoms. The number of benzene rings is 1. The van der Waals surface area contributed by atoms with Crippen LogP contribution in [-0.2, 0) is 12.8 Å². The molecule has 0 amide bonds. The summed E-state index contributed by atoms with van der Waals surface area (Å²) in [5, 5.41) is 3.54. The molecule has 0 aromatic heterocycles. The molecular formula is C15H23NO. The van der Waals surface area contributed by atoms with Gasteiger partial charge in [-0.15, -0.1) is 0 Å². The van der Waals surface area contributed by atoms with Gasteiger partial charge in [-0.25, -0.2) is 0 Å². The highest BCUT2D eigenvalue weighted by Gasteiger charge is 2.17. The molecule has 1 atom stereocenters. The van der Waals surface area contributed by atoms with Crippen LogP contribution in [0.5, 0.6) is 5.75 Å². The second kappa shape index (κ2) is 6.06. The lowest BCUT2D eigenvalue weighted by atomic mass is 9.88. The molecule has 0 spiro atoms. The molecule has 0 saturated heterocycles. The van der Waals surface area contributed by atoms with Crippen molar-refractivity contribution in [3.8, 4) is 5.75 Å². The van der Waals surface area contributed by atoms with E-state index in [0.29, 0.717) is 6.04 Å². The van der Waals surface area contributed by atoms with Crippen LogP contribution in [0.4, 0.5) is 0 Å². The number of rotatable bonds is 5. The highest BCUT2D eigenvalue weighted by molar-refractivity contribution is 5.37. The van der Waals surface area contributed by atoms with Gasteiger partial charge in [-0.1, -0.05) is 19.9 Å². The molecule has 94 valence electrons. The zero-order valence-corrected chi connectivity index (χ0v) is 11.0. The Morgan fingerprint density at radius 2 is 2.18 bits per heavy atom. The third-order valence-electron chi connectivity index (χ3n) is 3.37. The first-order chi connectivity index (χ1) is 8.33. The van der Waals surface area contributed by atoms with E-state index in [0.717, 1.165) is 31.7 Å². The SMILES string of the molecule is CCCOc1ccc2c(c1)CC[C@H](NCC)C2. The van der Waals surface area contributed by atoms with Gasteiger partial charge in [-0.2, -0.15) is 0 Å². The van der Waals surface area contributed by atoms with E-state index in [2.05, 4.69) is 37.4 Å². The molecule has 17 heavy (non-hydrogen) atoms. The first-order valence-corrected chi connectivity index (χ1v) is 6.81. The molecule has 0 unspecified atom stereocenters. The second-order valence-electron chi connectivity index (χ2n) is 4.78. The summed E-state index contributed by atoms with van der Waals surface area (Å²) >= 11 is 0. The van der Waals surface area contributed by atoms with Crippen molar-refractivity contribution in [2.45, 2.75) is 45.6 Å². The molecule has 0 heterocycles. The fourth-order valence-corrected chi connectivity index (χ4v) is 2.50. The summed E-state index contributed by atoms with van der Waals surface area (Å²) in [6.45, 7) is 6.20. The Morgan fingerprint density at radius 3 is 2.94 bits per heavy atom. The molecule has 1 aliphatic carbocycles. The highest BCUT2D eigenvalue weighted by atomic mass is 16.5. The number of ether oxygens (including phenoxy) is 1. The van der Waals surface area contributed by atoms with Crippen LogP contribution in [0, 0.1) is 0 Å². The van der Waals surface area contributed by atoms with Crippen LogP contribution in [-0.4, -0.2) is 19.2 Å². The van der Waals surface area contributed by atoms with E-state index in [1.54, 1.807) is 0 Å².